The van der Waals surface area contributed by atoms with Crippen LogP contribution >= 0.6 is 0 Å². The zero-order chi connectivity index (χ0) is 16.9. The van der Waals surface area contributed by atoms with Crippen molar-refractivity contribution in [3.63, 3.8) is 0 Å². The van der Waals surface area contributed by atoms with Gasteiger partial charge in [-0.25, -0.2) is 0 Å². The third-order valence-corrected chi connectivity index (χ3v) is 4.29. The Labute approximate surface area is 143 Å². The maximum absolute atomic E-state index is 10.6. The molecule has 0 aliphatic carbocycles. The van der Waals surface area contributed by atoms with E-state index in [0.29, 0.717) is 5.56 Å². The van der Waals surface area contributed by atoms with Crippen LogP contribution in [0.5, 0.6) is 11.5 Å². The van der Waals surface area contributed by atoms with Gasteiger partial charge in [0.1, 0.15) is 0 Å². The van der Waals surface area contributed by atoms with Crippen LogP contribution in [0.4, 0.5) is 0 Å². The smallest absolute Gasteiger partial charge is 0.166 e. The zero-order valence-electron chi connectivity index (χ0n) is 13.9. The third kappa shape index (κ3) is 3.13. The third-order valence-electron chi connectivity index (χ3n) is 4.29. The lowest BCUT2D eigenvalue weighted by molar-refractivity contribution is 0.404. The second kappa shape index (κ2) is 7.22. The molecule has 0 unspecified atom stereocenters. The number of aryl methyl sites for hydroxylation is 1. The summed E-state index contributed by atoms with van der Waals surface area (Å²) in [7, 11) is 0. The lowest BCUT2D eigenvalue weighted by Gasteiger charge is -2.18. The molecular weight excluding hydrogens is 296 g/mol. The van der Waals surface area contributed by atoms with Crippen LogP contribution in [0.3, 0.4) is 0 Å². The highest BCUT2D eigenvalue weighted by Gasteiger charge is 2.19. The molecule has 0 saturated carbocycles. The van der Waals surface area contributed by atoms with Gasteiger partial charge in [-0.05, 0) is 41.2 Å². The molecule has 24 heavy (non-hydrogen) atoms. The summed E-state index contributed by atoms with van der Waals surface area (Å²) >= 11 is 0. The molecule has 3 rings (SSSR count). The van der Waals surface area contributed by atoms with Crippen molar-refractivity contribution in [2.75, 3.05) is 0 Å². The molecule has 0 fully saturated rings. The molecule has 0 radical (unpaired) electrons. The number of rotatable bonds is 5. The Morgan fingerprint density at radius 2 is 1.29 bits per heavy atom. The second-order valence-corrected chi connectivity index (χ2v) is 5.99. The highest BCUT2D eigenvalue weighted by molar-refractivity contribution is 5.91. The number of hydrogen-bond donors (Lipinski definition) is 2. The van der Waals surface area contributed by atoms with Crippen LogP contribution in [0.15, 0.2) is 66.7 Å². The molecule has 2 heteroatoms. The lowest BCUT2D eigenvalue weighted by Crippen LogP contribution is -1.95. The zero-order valence-corrected chi connectivity index (χ0v) is 13.9. The fourth-order valence-electron chi connectivity index (χ4n) is 3.10. The first-order chi connectivity index (χ1) is 11.7. The van der Waals surface area contributed by atoms with Gasteiger partial charge in [-0.2, -0.15) is 0 Å². The molecular formula is C22H22O2. The number of benzene rings is 3. The van der Waals surface area contributed by atoms with Crippen LogP contribution in [-0.4, -0.2) is 10.2 Å². The highest BCUT2D eigenvalue weighted by atomic mass is 16.3. The molecule has 3 aromatic carbocycles. The quantitative estimate of drug-likeness (QED) is 0.586. The number of phenols is 2. The monoisotopic (exact) mass is 318 g/mol. The van der Waals surface area contributed by atoms with Gasteiger partial charge in [-0.15, -0.1) is 0 Å². The van der Waals surface area contributed by atoms with E-state index in [1.807, 2.05) is 60.7 Å². The van der Waals surface area contributed by atoms with E-state index in [9.17, 15) is 10.2 Å². The maximum Gasteiger partial charge on any atom is 0.166 e. The van der Waals surface area contributed by atoms with E-state index >= 15 is 0 Å². The van der Waals surface area contributed by atoms with Crippen molar-refractivity contribution in [1.82, 2.24) is 0 Å². The summed E-state index contributed by atoms with van der Waals surface area (Å²) in [4.78, 5) is 0. The summed E-state index contributed by atoms with van der Waals surface area (Å²) < 4.78 is 0. The first kappa shape index (κ1) is 16.1. The van der Waals surface area contributed by atoms with Crippen LogP contribution in [0, 0.1) is 0 Å². The first-order valence-corrected chi connectivity index (χ1v) is 8.41. The average Bonchev–Trinajstić information content (AvgIpc) is 2.63. The van der Waals surface area contributed by atoms with Crippen molar-refractivity contribution < 1.29 is 10.2 Å². The van der Waals surface area contributed by atoms with Crippen molar-refractivity contribution in [2.45, 2.75) is 26.2 Å². The van der Waals surface area contributed by atoms with Crippen molar-refractivity contribution in [3.8, 4) is 33.8 Å². The van der Waals surface area contributed by atoms with E-state index in [2.05, 4.69) is 6.92 Å². The largest absolute Gasteiger partial charge is 0.504 e. The summed E-state index contributed by atoms with van der Waals surface area (Å²) in [5, 5.41) is 20.9. The van der Waals surface area contributed by atoms with E-state index < -0.39 is 0 Å². The number of phenolic OH excluding ortho intramolecular Hbond substituents is 2. The highest BCUT2D eigenvalue weighted by Crippen LogP contribution is 2.46. The topological polar surface area (TPSA) is 40.5 Å². The molecule has 122 valence electrons. The number of aromatic hydroxyl groups is 2. The minimum absolute atomic E-state index is 0.0553. The Kier molecular flexibility index (Phi) is 4.85. The van der Waals surface area contributed by atoms with E-state index in [0.717, 1.165) is 41.5 Å². The van der Waals surface area contributed by atoms with Crippen LogP contribution in [0.2, 0.25) is 0 Å². The Hall–Kier alpha value is -2.74. The Balaban J connectivity index is 2.31. The molecule has 0 bridgehead atoms. The summed E-state index contributed by atoms with van der Waals surface area (Å²) in [6, 6.07) is 21.5. The van der Waals surface area contributed by atoms with E-state index in [1.165, 1.54) is 0 Å². The normalized spacial score (nSPS) is 10.7. The van der Waals surface area contributed by atoms with Crippen molar-refractivity contribution in [2.24, 2.45) is 0 Å². The van der Waals surface area contributed by atoms with Gasteiger partial charge in [-0.3, -0.25) is 0 Å². The first-order valence-electron chi connectivity index (χ1n) is 8.41. The molecule has 2 N–H and O–H groups in total. The van der Waals surface area contributed by atoms with Gasteiger partial charge >= 0.3 is 0 Å². The van der Waals surface area contributed by atoms with Crippen LogP contribution in [0.1, 0.15) is 25.3 Å². The van der Waals surface area contributed by atoms with Gasteiger partial charge < -0.3 is 10.2 Å². The van der Waals surface area contributed by atoms with Crippen LogP contribution in [-0.2, 0) is 6.42 Å². The second-order valence-electron chi connectivity index (χ2n) is 5.99. The fraction of sp³-hybridized carbons (Fsp3) is 0.182. The number of unbranched alkanes of at least 4 members (excludes halogenated alkanes) is 1. The fourth-order valence-corrected chi connectivity index (χ4v) is 3.10. The van der Waals surface area contributed by atoms with Gasteiger partial charge in [0.25, 0.3) is 0 Å². The molecule has 0 saturated heterocycles. The molecule has 0 aromatic heterocycles. The summed E-state index contributed by atoms with van der Waals surface area (Å²) in [5.74, 6) is -0.111. The molecule has 0 spiro atoms. The van der Waals surface area contributed by atoms with Crippen molar-refractivity contribution in [1.29, 1.82) is 0 Å². The van der Waals surface area contributed by atoms with Gasteiger partial charge in [0.05, 0.1) is 0 Å². The summed E-state index contributed by atoms with van der Waals surface area (Å²) in [6.07, 6.45) is 2.99. The van der Waals surface area contributed by atoms with Gasteiger partial charge in [0.15, 0.2) is 11.5 Å². The molecule has 0 atom stereocenters. The van der Waals surface area contributed by atoms with Crippen molar-refractivity contribution >= 4 is 0 Å². The molecule has 0 amide bonds. The average molecular weight is 318 g/mol. The summed E-state index contributed by atoms with van der Waals surface area (Å²) in [6.45, 7) is 2.15. The van der Waals surface area contributed by atoms with E-state index in [4.69, 9.17) is 0 Å². The Morgan fingerprint density at radius 1 is 0.750 bits per heavy atom. The minimum Gasteiger partial charge on any atom is -0.504 e. The van der Waals surface area contributed by atoms with Gasteiger partial charge in [0, 0.05) is 5.56 Å². The molecule has 0 aliphatic rings. The summed E-state index contributed by atoms with van der Waals surface area (Å²) in [5.41, 5.74) is 4.73. The lowest BCUT2D eigenvalue weighted by atomic mass is 9.87. The van der Waals surface area contributed by atoms with Crippen LogP contribution < -0.4 is 0 Å². The SMILES string of the molecule is CCCCc1cc(O)c(O)c(-c2ccccc2)c1-c1ccccc1. The molecule has 3 aromatic rings. The molecule has 0 aliphatic heterocycles. The predicted molar refractivity (Wildman–Crippen MR) is 99.3 cm³/mol. The molecule has 2 nitrogen and oxygen atoms in total. The molecule has 0 heterocycles. The van der Waals surface area contributed by atoms with Gasteiger partial charge in [-0.1, -0.05) is 74.0 Å². The van der Waals surface area contributed by atoms with E-state index in [-0.39, 0.29) is 11.5 Å². The van der Waals surface area contributed by atoms with Crippen molar-refractivity contribution in [3.05, 3.63) is 72.3 Å². The van der Waals surface area contributed by atoms with Crippen LogP contribution in [0.25, 0.3) is 22.3 Å². The minimum atomic E-state index is -0.0559. The predicted octanol–water partition coefficient (Wildman–Crippen LogP) is 5.77. The standard InChI is InChI=1S/C22H22O2/c1-2-3-10-18-15-19(23)22(24)21(17-13-8-5-9-14-17)20(18)16-11-6-4-7-12-16/h4-9,11-15,23-24H,2-3,10H2,1H3. The van der Waals surface area contributed by atoms with E-state index in [1.54, 1.807) is 6.07 Å². The number of hydrogen-bond acceptors (Lipinski definition) is 2. The Morgan fingerprint density at radius 3 is 1.83 bits per heavy atom. The van der Waals surface area contributed by atoms with Gasteiger partial charge in [0.2, 0.25) is 0 Å². The Bertz CT molecular complexity index is 808. The maximum atomic E-state index is 10.6.